The molecule has 3 rings (SSSR count). The first-order valence-electron chi connectivity index (χ1n) is 7.74. The van der Waals surface area contributed by atoms with Crippen molar-refractivity contribution in [1.29, 1.82) is 5.26 Å². The fraction of sp³-hybridized carbons (Fsp3) is 0.625. The largest absolute Gasteiger partial charge is 0.315 e. The van der Waals surface area contributed by atoms with E-state index in [0.29, 0.717) is 18.0 Å². The molecule has 1 unspecified atom stereocenters. The lowest BCUT2D eigenvalue weighted by atomic mass is 10.0. The van der Waals surface area contributed by atoms with Gasteiger partial charge in [0.05, 0.1) is 12.1 Å². The number of rotatable bonds is 3. The first-order valence-corrected chi connectivity index (χ1v) is 8.56. The molecule has 1 atom stereocenters. The van der Waals surface area contributed by atoms with Gasteiger partial charge in [0.15, 0.2) is 0 Å². The lowest BCUT2D eigenvalue weighted by Crippen LogP contribution is -2.39. The van der Waals surface area contributed by atoms with Gasteiger partial charge < -0.3 is 5.32 Å². The summed E-state index contributed by atoms with van der Waals surface area (Å²) in [5.41, 5.74) is 1.87. The van der Waals surface area contributed by atoms with Crippen molar-refractivity contribution in [2.24, 2.45) is 5.92 Å². The van der Waals surface area contributed by atoms with Gasteiger partial charge in [-0.05, 0) is 50.1 Å². The van der Waals surface area contributed by atoms with Crippen LogP contribution in [0.4, 0.5) is 5.00 Å². The molecule has 112 valence electrons. The van der Waals surface area contributed by atoms with Crippen LogP contribution in [0.1, 0.15) is 42.2 Å². The van der Waals surface area contributed by atoms with Gasteiger partial charge in [-0.15, -0.1) is 11.3 Å². The zero-order valence-electron chi connectivity index (χ0n) is 12.4. The van der Waals surface area contributed by atoms with Crippen LogP contribution in [0.2, 0.25) is 0 Å². The molecular formula is C16H21N3OS. The van der Waals surface area contributed by atoms with Crippen LogP contribution in [0, 0.1) is 17.2 Å². The second-order valence-corrected chi connectivity index (χ2v) is 7.31. The number of nitrogens with one attached hydrogen (secondary N) is 1. The van der Waals surface area contributed by atoms with Crippen LogP contribution >= 0.6 is 11.3 Å². The molecule has 0 spiro atoms. The SMILES string of the molecule is CC1CCCN(CC(=O)Nc2sc3c(c2C#N)CCC3)C1. The number of thiophene rings is 1. The molecule has 1 aromatic rings. The van der Waals surface area contributed by atoms with Crippen LogP contribution in [-0.4, -0.2) is 30.4 Å². The highest BCUT2D eigenvalue weighted by Crippen LogP contribution is 2.38. The Bertz CT molecular complexity index is 587. The number of hydrogen-bond acceptors (Lipinski definition) is 4. The van der Waals surface area contributed by atoms with Gasteiger partial charge in [0.25, 0.3) is 0 Å². The standard InChI is InChI=1S/C16H21N3OS/c1-11-4-3-7-19(9-11)10-15(20)18-16-13(8-17)12-5-2-6-14(12)21-16/h11H,2-7,9-10H2,1H3,(H,18,20). The van der Waals surface area contributed by atoms with Crippen LogP contribution in [0.5, 0.6) is 0 Å². The molecule has 21 heavy (non-hydrogen) atoms. The van der Waals surface area contributed by atoms with E-state index in [9.17, 15) is 10.1 Å². The molecule has 1 amide bonds. The molecule has 0 bridgehead atoms. The summed E-state index contributed by atoms with van der Waals surface area (Å²) in [5, 5.41) is 13.1. The summed E-state index contributed by atoms with van der Waals surface area (Å²) in [6.45, 7) is 4.68. The van der Waals surface area contributed by atoms with Gasteiger partial charge in [-0.2, -0.15) is 5.26 Å². The predicted molar refractivity (Wildman–Crippen MR) is 84.5 cm³/mol. The maximum atomic E-state index is 12.2. The molecule has 2 heterocycles. The molecule has 1 N–H and O–H groups in total. The normalized spacial score (nSPS) is 21.8. The maximum Gasteiger partial charge on any atom is 0.239 e. The Kier molecular flexibility index (Phi) is 4.27. The number of amides is 1. The van der Waals surface area contributed by atoms with Crippen molar-refractivity contribution >= 4 is 22.2 Å². The topological polar surface area (TPSA) is 56.1 Å². The Hall–Kier alpha value is -1.38. The number of nitriles is 1. The summed E-state index contributed by atoms with van der Waals surface area (Å²) >= 11 is 1.59. The summed E-state index contributed by atoms with van der Waals surface area (Å²) in [6, 6.07) is 2.27. The Morgan fingerprint density at radius 3 is 3.10 bits per heavy atom. The van der Waals surface area contributed by atoms with Crippen molar-refractivity contribution in [1.82, 2.24) is 4.90 Å². The molecule has 2 aliphatic rings. The van der Waals surface area contributed by atoms with E-state index < -0.39 is 0 Å². The van der Waals surface area contributed by atoms with Crippen molar-refractivity contribution < 1.29 is 4.79 Å². The van der Waals surface area contributed by atoms with Crippen LogP contribution in [0.25, 0.3) is 0 Å². The average molecular weight is 303 g/mol. The van der Waals surface area contributed by atoms with Crippen LogP contribution in [-0.2, 0) is 17.6 Å². The molecule has 1 aliphatic carbocycles. The molecule has 1 aliphatic heterocycles. The molecule has 0 radical (unpaired) electrons. The molecule has 4 nitrogen and oxygen atoms in total. The highest BCUT2D eigenvalue weighted by Gasteiger charge is 2.24. The van der Waals surface area contributed by atoms with Crippen LogP contribution in [0.15, 0.2) is 0 Å². The second kappa shape index (κ2) is 6.17. The number of nitrogens with zero attached hydrogens (tertiary/aromatic N) is 2. The highest BCUT2D eigenvalue weighted by atomic mass is 32.1. The lowest BCUT2D eigenvalue weighted by molar-refractivity contribution is -0.117. The third kappa shape index (κ3) is 3.12. The van der Waals surface area contributed by atoms with Gasteiger partial charge in [-0.3, -0.25) is 9.69 Å². The van der Waals surface area contributed by atoms with Gasteiger partial charge in [-0.1, -0.05) is 6.92 Å². The number of anilines is 1. The number of carbonyl (C=O) groups excluding carboxylic acids is 1. The van der Waals surface area contributed by atoms with Gasteiger partial charge in [0.1, 0.15) is 11.1 Å². The summed E-state index contributed by atoms with van der Waals surface area (Å²) in [4.78, 5) is 15.7. The minimum absolute atomic E-state index is 0.0144. The van der Waals surface area contributed by atoms with Gasteiger partial charge in [0, 0.05) is 11.4 Å². The highest BCUT2D eigenvalue weighted by molar-refractivity contribution is 7.16. The lowest BCUT2D eigenvalue weighted by Gasteiger charge is -2.30. The monoisotopic (exact) mass is 303 g/mol. The zero-order chi connectivity index (χ0) is 14.8. The Morgan fingerprint density at radius 2 is 2.33 bits per heavy atom. The van der Waals surface area contributed by atoms with E-state index in [4.69, 9.17) is 0 Å². The second-order valence-electron chi connectivity index (χ2n) is 6.20. The van der Waals surface area contributed by atoms with E-state index in [0.717, 1.165) is 37.4 Å². The van der Waals surface area contributed by atoms with Gasteiger partial charge in [-0.25, -0.2) is 0 Å². The first-order chi connectivity index (χ1) is 10.2. The third-order valence-electron chi connectivity index (χ3n) is 4.39. The molecule has 1 aromatic heterocycles. The molecule has 1 fully saturated rings. The van der Waals surface area contributed by atoms with E-state index in [1.807, 2.05) is 0 Å². The maximum absolute atomic E-state index is 12.2. The Balaban J connectivity index is 1.64. The summed E-state index contributed by atoms with van der Waals surface area (Å²) in [5.74, 6) is 0.687. The van der Waals surface area contributed by atoms with Crippen molar-refractivity contribution in [3.05, 3.63) is 16.0 Å². The third-order valence-corrected chi connectivity index (χ3v) is 5.60. The fourth-order valence-corrected chi connectivity index (χ4v) is 4.67. The van der Waals surface area contributed by atoms with Crippen molar-refractivity contribution in [3.8, 4) is 6.07 Å². The number of fused-ring (bicyclic) bond motifs is 1. The Morgan fingerprint density at radius 1 is 1.48 bits per heavy atom. The van der Waals surface area contributed by atoms with E-state index in [1.165, 1.54) is 23.3 Å². The van der Waals surface area contributed by atoms with Crippen molar-refractivity contribution in [3.63, 3.8) is 0 Å². The minimum atomic E-state index is 0.0144. The van der Waals surface area contributed by atoms with E-state index in [1.54, 1.807) is 11.3 Å². The van der Waals surface area contributed by atoms with Crippen LogP contribution < -0.4 is 5.32 Å². The minimum Gasteiger partial charge on any atom is -0.315 e. The smallest absolute Gasteiger partial charge is 0.239 e. The van der Waals surface area contributed by atoms with E-state index >= 15 is 0 Å². The molecular weight excluding hydrogens is 282 g/mol. The van der Waals surface area contributed by atoms with Gasteiger partial charge in [0.2, 0.25) is 5.91 Å². The summed E-state index contributed by atoms with van der Waals surface area (Å²) in [7, 11) is 0. The van der Waals surface area contributed by atoms with E-state index in [2.05, 4.69) is 23.2 Å². The van der Waals surface area contributed by atoms with Crippen LogP contribution in [0.3, 0.4) is 0 Å². The van der Waals surface area contributed by atoms with E-state index in [-0.39, 0.29) is 5.91 Å². The summed E-state index contributed by atoms with van der Waals surface area (Å²) in [6.07, 6.45) is 5.59. The Labute approximate surface area is 129 Å². The average Bonchev–Trinajstić information content (AvgIpc) is 2.98. The molecule has 5 heteroatoms. The molecule has 1 saturated heterocycles. The number of carbonyl (C=O) groups is 1. The molecule has 0 saturated carbocycles. The number of aryl methyl sites for hydroxylation is 1. The van der Waals surface area contributed by atoms with Gasteiger partial charge >= 0.3 is 0 Å². The first kappa shape index (κ1) is 14.6. The van der Waals surface area contributed by atoms with Crippen molar-refractivity contribution in [2.75, 3.05) is 25.0 Å². The fourth-order valence-electron chi connectivity index (χ4n) is 3.41. The number of piperidine rings is 1. The number of hydrogen-bond donors (Lipinski definition) is 1. The number of likely N-dealkylation sites (tertiary alicyclic amines) is 1. The molecule has 0 aromatic carbocycles. The summed E-state index contributed by atoms with van der Waals surface area (Å²) < 4.78 is 0. The quantitative estimate of drug-likeness (QED) is 0.934. The zero-order valence-corrected chi connectivity index (χ0v) is 13.3. The van der Waals surface area contributed by atoms with Crippen molar-refractivity contribution in [2.45, 2.75) is 39.0 Å². The predicted octanol–water partition coefficient (Wildman–Crippen LogP) is 2.78.